The van der Waals surface area contributed by atoms with Gasteiger partial charge >= 0.3 is 0 Å². The molecule has 1 aromatic carbocycles. The van der Waals surface area contributed by atoms with Crippen molar-refractivity contribution >= 4 is 28.6 Å². The quantitative estimate of drug-likeness (QED) is 0.868. The molecule has 0 aliphatic rings. The molecular formula is C11H10ClNOS. The van der Waals surface area contributed by atoms with Crippen LogP contribution in [0.4, 0.5) is 5.69 Å². The zero-order valence-electron chi connectivity index (χ0n) is 8.16. The molecule has 1 heterocycles. The predicted molar refractivity (Wildman–Crippen MR) is 65.7 cm³/mol. The molecule has 0 atom stereocenters. The van der Waals surface area contributed by atoms with E-state index in [2.05, 4.69) is 0 Å². The second kappa shape index (κ2) is 4.13. The summed E-state index contributed by atoms with van der Waals surface area (Å²) in [5.41, 5.74) is 8.53. The third-order valence-corrected chi connectivity index (χ3v) is 3.43. The zero-order valence-corrected chi connectivity index (χ0v) is 9.73. The Kier molecular flexibility index (Phi) is 2.84. The average Bonchev–Trinajstić information content (AvgIpc) is 2.60. The predicted octanol–water partition coefficient (Wildman–Crippen LogP) is 3.66. The van der Waals surface area contributed by atoms with E-state index in [9.17, 15) is 0 Å². The van der Waals surface area contributed by atoms with E-state index < -0.39 is 0 Å². The topological polar surface area (TPSA) is 35.2 Å². The maximum absolute atomic E-state index is 5.91. The Balaban J connectivity index is 2.41. The molecular weight excluding hydrogens is 230 g/mol. The number of nitrogen functional groups attached to an aromatic ring is 1. The molecule has 2 nitrogen and oxygen atoms in total. The lowest BCUT2D eigenvalue weighted by Gasteiger charge is -2.02. The lowest BCUT2D eigenvalue weighted by molar-refractivity contribution is 0.415. The maximum Gasteiger partial charge on any atom is 0.118 e. The summed E-state index contributed by atoms with van der Waals surface area (Å²) in [5.74, 6) is 0.832. The van der Waals surface area contributed by atoms with E-state index in [1.807, 2.05) is 29.6 Å². The van der Waals surface area contributed by atoms with Crippen molar-refractivity contribution < 1.29 is 4.74 Å². The molecule has 0 aliphatic carbocycles. The highest BCUT2D eigenvalue weighted by molar-refractivity contribution is 7.15. The van der Waals surface area contributed by atoms with E-state index in [0.29, 0.717) is 10.0 Å². The monoisotopic (exact) mass is 239 g/mol. The minimum Gasteiger partial charge on any atom is -0.497 e. The highest BCUT2D eigenvalue weighted by Crippen LogP contribution is 2.37. The maximum atomic E-state index is 5.91. The number of methoxy groups -OCH3 is 1. The number of thiophene rings is 1. The highest BCUT2D eigenvalue weighted by Gasteiger charge is 2.08. The Morgan fingerprint density at radius 2 is 1.93 bits per heavy atom. The standard InChI is InChI=1S/C11H10ClNOS/c1-14-8-4-2-7(3-5-8)9-6-15-11(12)10(9)13/h2-6H,13H2,1H3. The van der Waals surface area contributed by atoms with Gasteiger partial charge in [-0.3, -0.25) is 0 Å². The van der Waals surface area contributed by atoms with E-state index >= 15 is 0 Å². The summed E-state index contributed by atoms with van der Waals surface area (Å²) in [6.07, 6.45) is 0. The summed E-state index contributed by atoms with van der Waals surface area (Å²) in [6, 6.07) is 7.74. The van der Waals surface area contributed by atoms with Crippen molar-refractivity contribution in [3.05, 3.63) is 34.0 Å². The molecule has 2 aromatic rings. The van der Waals surface area contributed by atoms with Crippen LogP contribution in [-0.2, 0) is 0 Å². The molecule has 15 heavy (non-hydrogen) atoms. The van der Waals surface area contributed by atoms with E-state index in [4.69, 9.17) is 22.1 Å². The molecule has 0 fully saturated rings. The van der Waals surface area contributed by atoms with Gasteiger partial charge in [-0.25, -0.2) is 0 Å². The number of benzene rings is 1. The number of nitrogens with two attached hydrogens (primary N) is 1. The fourth-order valence-electron chi connectivity index (χ4n) is 1.34. The number of anilines is 1. The Hall–Kier alpha value is -1.19. The van der Waals surface area contributed by atoms with Crippen LogP contribution in [-0.4, -0.2) is 7.11 Å². The fraction of sp³-hybridized carbons (Fsp3) is 0.0909. The first-order valence-corrected chi connectivity index (χ1v) is 5.65. The molecule has 0 bridgehead atoms. The Morgan fingerprint density at radius 3 is 2.40 bits per heavy atom. The van der Waals surface area contributed by atoms with E-state index in [1.165, 1.54) is 11.3 Å². The van der Waals surface area contributed by atoms with Gasteiger partial charge in [0.05, 0.1) is 12.8 Å². The largest absolute Gasteiger partial charge is 0.497 e. The van der Waals surface area contributed by atoms with Crippen molar-refractivity contribution in [3.63, 3.8) is 0 Å². The first kappa shape index (κ1) is 10.3. The number of rotatable bonds is 2. The lowest BCUT2D eigenvalue weighted by Crippen LogP contribution is -1.86. The molecule has 1 aromatic heterocycles. The van der Waals surface area contributed by atoms with Crippen LogP contribution in [0.2, 0.25) is 4.34 Å². The van der Waals surface area contributed by atoms with E-state index in [-0.39, 0.29) is 0 Å². The zero-order chi connectivity index (χ0) is 10.8. The summed E-state index contributed by atoms with van der Waals surface area (Å²) in [5, 5.41) is 1.96. The van der Waals surface area contributed by atoms with Gasteiger partial charge in [0.25, 0.3) is 0 Å². The third-order valence-electron chi connectivity index (χ3n) is 2.18. The smallest absolute Gasteiger partial charge is 0.118 e. The number of halogens is 1. The van der Waals surface area contributed by atoms with Crippen LogP contribution in [0.15, 0.2) is 29.6 Å². The summed E-state index contributed by atoms with van der Waals surface area (Å²) in [7, 11) is 1.64. The van der Waals surface area contributed by atoms with Crippen LogP contribution < -0.4 is 10.5 Å². The van der Waals surface area contributed by atoms with Crippen LogP contribution in [0, 0.1) is 0 Å². The molecule has 0 aliphatic heterocycles. The van der Waals surface area contributed by atoms with Crippen molar-refractivity contribution in [1.82, 2.24) is 0 Å². The van der Waals surface area contributed by atoms with Crippen LogP contribution in [0.25, 0.3) is 11.1 Å². The van der Waals surface area contributed by atoms with Gasteiger partial charge in [-0.2, -0.15) is 0 Å². The second-order valence-electron chi connectivity index (χ2n) is 3.07. The van der Waals surface area contributed by atoms with Gasteiger partial charge in [0.15, 0.2) is 0 Å². The molecule has 0 saturated carbocycles. The summed E-state index contributed by atoms with van der Waals surface area (Å²) in [4.78, 5) is 0. The highest BCUT2D eigenvalue weighted by atomic mass is 35.5. The Bertz CT molecular complexity index is 464. The number of hydrogen-bond donors (Lipinski definition) is 1. The number of hydrogen-bond acceptors (Lipinski definition) is 3. The van der Waals surface area contributed by atoms with Gasteiger partial charge in [-0.1, -0.05) is 23.7 Å². The molecule has 2 rings (SSSR count). The summed E-state index contributed by atoms with van der Waals surface area (Å²) >= 11 is 7.35. The first-order valence-electron chi connectivity index (χ1n) is 4.39. The van der Waals surface area contributed by atoms with E-state index in [1.54, 1.807) is 7.11 Å². The molecule has 2 N–H and O–H groups in total. The average molecular weight is 240 g/mol. The van der Waals surface area contributed by atoms with Gasteiger partial charge in [0.1, 0.15) is 10.1 Å². The van der Waals surface area contributed by atoms with Gasteiger partial charge < -0.3 is 10.5 Å². The van der Waals surface area contributed by atoms with E-state index in [0.717, 1.165) is 16.9 Å². The van der Waals surface area contributed by atoms with Crippen molar-refractivity contribution in [2.24, 2.45) is 0 Å². The molecule has 78 valence electrons. The van der Waals surface area contributed by atoms with Crippen molar-refractivity contribution in [2.75, 3.05) is 12.8 Å². The van der Waals surface area contributed by atoms with Crippen LogP contribution in [0.3, 0.4) is 0 Å². The Morgan fingerprint density at radius 1 is 1.27 bits per heavy atom. The minimum absolute atomic E-state index is 0.640. The molecule has 0 radical (unpaired) electrons. The van der Waals surface area contributed by atoms with Crippen molar-refractivity contribution in [2.45, 2.75) is 0 Å². The molecule has 0 saturated heterocycles. The minimum atomic E-state index is 0.640. The molecule has 0 unspecified atom stereocenters. The van der Waals surface area contributed by atoms with Gasteiger partial charge in [0.2, 0.25) is 0 Å². The lowest BCUT2D eigenvalue weighted by atomic mass is 10.1. The summed E-state index contributed by atoms with van der Waals surface area (Å²) in [6.45, 7) is 0. The third kappa shape index (κ3) is 1.94. The van der Waals surface area contributed by atoms with Gasteiger partial charge in [-0.15, -0.1) is 11.3 Å². The van der Waals surface area contributed by atoms with Gasteiger partial charge in [0, 0.05) is 10.9 Å². The van der Waals surface area contributed by atoms with Gasteiger partial charge in [-0.05, 0) is 17.7 Å². The van der Waals surface area contributed by atoms with Crippen molar-refractivity contribution in [1.29, 1.82) is 0 Å². The number of ether oxygens (including phenoxy) is 1. The normalized spacial score (nSPS) is 10.3. The van der Waals surface area contributed by atoms with Crippen LogP contribution in [0.5, 0.6) is 5.75 Å². The van der Waals surface area contributed by atoms with Crippen molar-refractivity contribution in [3.8, 4) is 16.9 Å². The summed E-state index contributed by atoms with van der Waals surface area (Å²) < 4.78 is 5.73. The first-order chi connectivity index (χ1) is 7.22. The molecule has 0 amide bonds. The van der Waals surface area contributed by atoms with Crippen LogP contribution >= 0.6 is 22.9 Å². The van der Waals surface area contributed by atoms with Crippen LogP contribution in [0.1, 0.15) is 0 Å². The Labute approximate surface area is 97.3 Å². The fourth-order valence-corrected chi connectivity index (χ4v) is 2.29. The SMILES string of the molecule is COc1ccc(-c2csc(Cl)c2N)cc1. The second-order valence-corrected chi connectivity index (χ2v) is 4.55. The molecule has 4 heteroatoms. The molecule has 0 spiro atoms.